The third-order valence-electron chi connectivity index (χ3n) is 2.82. The molecule has 2 aromatic rings. The van der Waals surface area contributed by atoms with E-state index >= 15 is 0 Å². The number of carbonyl (C=O) groups is 1. The van der Waals surface area contributed by atoms with E-state index in [-0.39, 0.29) is 5.78 Å². The van der Waals surface area contributed by atoms with E-state index in [1.165, 1.54) is 0 Å². The van der Waals surface area contributed by atoms with Crippen LogP contribution in [0.3, 0.4) is 0 Å². The van der Waals surface area contributed by atoms with Gasteiger partial charge in [0.25, 0.3) is 0 Å². The minimum absolute atomic E-state index is 0.0104. The zero-order chi connectivity index (χ0) is 14.2. The van der Waals surface area contributed by atoms with Crippen LogP contribution in [0.2, 0.25) is 0 Å². The standard InChI is InChI=1S/C13H12Br2N2OS/c1-7-12(8(2)17(3)16-7)11(18)5-4-9-6-10(14)13(15)19-9/h4-6H,1-3H3/b5-4+. The second-order valence-electron chi connectivity index (χ2n) is 4.14. The number of nitrogens with zero attached hydrogens (tertiary/aromatic N) is 2. The van der Waals surface area contributed by atoms with Crippen LogP contribution in [-0.2, 0) is 7.05 Å². The largest absolute Gasteiger partial charge is 0.289 e. The topological polar surface area (TPSA) is 34.9 Å². The smallest absolute Gasteiger partial charge is 0.189 e. The molecule has 0 saturated heterocycles. The molecule has 0 radical (unpaired) electrons. The Hall–Kier alpha value is -0.720. The fraction of sp³-hybridized carbons (Fsp3) is 0.231. The van der Waals surface area contributed by atoms with Crippen molar-refractivity contribution in [3.63, 3.8) is 0 Å². The average Bonchev–Trinajstić information content (AvgIpc) is 2.78. The zero-order valence-corrected chi connectivity index (χ0v) is 14.7. The normalized spacial score (nSPS) is 11.4. The lowest BCUT2D eigenvalue weighted by Gasteiger charge is -1.96. The van der Waals surface area contributed by atoms with Gasteiger partial charge < -0.3 is 0 Å². The summed E-state index contributed by atoms with van der Waals surface area (Å²) in [4.78, 5) is 13.2. The summed E-state index contributed by atoms with van der Waals surface area (Å²) in [6.07, 6.45) is 3.43. The highest BCUT2D eigenvalue weighted by atomic mass is 79.9. The monoisotopic (exact) mass is 402 g/mol. The van der Waals surface area contributed by atoms with E-state index in [0.29, 0.717) is 5.56 Å². The lowest BCUT2D eigenvalue weighted by atomic mass is 10.1. The van der Waals surface area contributed by atoms with Crippen LogP contribution in [0.1, 0.15) is 26.6 Å². The van der Waals surface area contributed by atoms with Crippen molar-refractivity contribution in [2.75, 3.05) is 0 Å². The number of hydrogen-bond donors (Lipinski definition) is 0. The lowest BCUT2D eigenvalue weighted by Crippen LogP contribution is -1.99. The fourth-order valence-corrected chi connectivity index (χ4v) is 3.81. The van der Waals surface area contributed by atoms with E-state index in [4.69, 9.17) is 0 Å². The molecule has 0 spiro atoms. The summed E-state index contributed by atoms with van der Waals surface area (Å²) >= 11 is 8.44. The Bertz CT molecular complexity index is 651. The summed E-state index contributed by atoms with van der Waals surface area (Å²) in [7, 11) is 1.84. The van der Waals surface area contributed by atoms with Crippen LogP contribution in [0.4, 0.5) is 0 Å². The Morgan fingerprint density at radius 2 is 2.11 bits per heavy atom. The quantitative estimate of drug-likeness (QED) is 0.557. The van der Waals surface area contributed by atoms with Crippen LogP contribution in [0, 0.1) is 13.8 Å². The summed E-state index contributed by atoms with van der Waals surface area (Å²) in [5.41, 5.74) is 2.34. The second kappa shape index (κ2) is 5.73. The molecule has 100 valence electrons. The fourth-order valence-electron chi connectivity index (χ4n) is 1.82. The van der Waals surface area contributed by atoms with Crippen molar-refractivity contribution in [3.05, 3.63) is 42.2 Å². The molecule has 0 amide bonds. The van der Waals surface area contributed by atoms with Crippen LogP contribution in [0.5, 0.6) is 0 Å². The lowest BCUT2D eigenvalue weighted by molar-refractivity contribution is 0.104. The van der Waals surface area contributed by atoms with Crippen molar-refractivity contribution in [1.82, 2.24) is 9.78 Å². The van der Waals surface area contributed by atoms with E-state index in [9.17, 15) is 4.79 Å². The van der Waals surface area contributed by atoms with Gasteiger partial charge in [0.2, 0.25) is 0 Å². The Labute approximate surface area is 132 Å². The molecule has 0 saturated carbocycles. The van der Waals surface area contributed by atoms with Gasteiger partial charge in [0.15, 0.2) is 5.78 Å². The summed E-state index contributed by atoms with van der Waals surface area (Å²) < 4.78 is 3.75. The summed E-state index contributed by atoms with van der Waals surface area (Å²) in [6.45, 7) is 3.76. The van der Waals surface area contributed by atoms with Crippen molar-refractivity contribution in [2.45, 2.75) is 13.8 Å². The number of aryl methyl sites for hydroxylation is 2. The third-order valence-corrected chi connectivity index (χ3v) is 6.04. The number of allylic oxidation sites excluding steroid dienone is 1. The third kappa shape index (κ3) is 3.07. The summed E-state index contributed by atoms with van der Waals surface area (Å²) in [5.74, 6) is -0.0104. The molecular weight excluding hydrogens is 392 g/mol. The minimum atomic E-state index is -0.0104. The van der Waals surface area contributed by atoms with Crippen molar-refractivity contribution >= 4 is 55.1 Å². The predicted octanol–water partition coefficient (Wildman–Crippen LogP) is 4.52. The van der Waals surface area contributed by atoms with Gasteiger partial charge in [0.05, 0.1) is 15.0 Å². The van der Waals surface area contributed by atoms with E-state index in [1.807, 2.05) is 33.0 Å². The van der Waals surface area contributed by atoms with Gasteiger partial charge in [0, 0.05) is 22.1 Å². The highest BCUT2D eigenvalue weighted by Crippen LogP contribution is 2.33. The molecule has 0 unspecified atom stereocenters. The first-order valence-corrected chi connectivity index (χ1v) is 7.98. The molecule has 0 aliphatic rings. The first kappa shape index (κ1) is 14.7. The van der Waals surface area contributed by atoms with Crippen LogP contribution in [0.25, 0.3) is 6.08 Å². The molecule has 2 aromatic heterocycles. The maximum atomic E-state index is 12.2. The molecule has 19 heavy (non-hydrogen) atoms. The molecule has 2 rings (SSSR count). The number of aromatic nitrogens is 2. The molecule has 0 N–H and O–H groups in total. The van der Waals surface area contributed by atoms with Crippen molar-refractivity contribution in [2.24, 2.45) is 7.05 Å². The number of halogens is 2. The number of carbonyl (C=O) groups excluding carboxylic acids is 1. The maximum absolute atomic E-state index is 12.2. The molecule has 3 nitrogen and oxygen atoms in total. The van der Waals surface area contributed by atoms with Crippen LogP contribution in [0.15, 0.2) is 20.4 Å². The van der Waals surface area contributed by atoms with Crippen LogP contribution in [-0.4, -0.2) is 15.6 Å². The van der Waals surface area contributed by atoms with E-state index in [2.05, 4.69) is 37.0 Å². The minimum Gasteiger partial charge on any atom is -0.289 e. The molecule has 2 heterocycles. The van der Waals surface area contributed by atoms with E-state index in [0.717, 1.165) is 24.5 Å². The van der Waals surface area contributed by atoms with Gasteiger partial charge in [-0.15, -0.1) is 11.3 Å². The average molecular weight is 404 g/mol. The Balaban J connectivity index is 2.26. The zero-order valence-electron chi connectivity index (χ0n) is 10.7. The first-order chi connectivity index (χ1) is 8.90. The number of hydrogen-bond acceptors (Lipinski definition) is 3. The van der Waals surface area contributed by atoms with Crippen LogP contribution < -0.4 is 0 Å². The van der Waals surface area contributed by atoms with Crippen molar-refractivity contribution in [3.8, 4) is 0 Å². The first-order valence-electron chi connectivity index (χ1n) is 5.57. The van der Waals surface area contributed by atoms with Gasteiger partial charge in [-0.25, -0.2) is 0 Å². The Kier molecular flexibility index (Phi) is 4.43. The molecule has 0 atom stereocenters. The van der Waals surface area contributed by atoms with Gasteiger partial charge in [0.1, 0.15) is 0 Å². The number of thiophene rings is 1. The summed E-state index contributed by atoms with van der Waals surface area (Å²) in [6, 6.07) is 1.97. The highest BCUT2D eigenvalue weighted by Gasteiger charge is 2.14. The van der Waals surface area contributed by atoms with E-state index in [1.54, 1.807) is 22.1 Å². The molecule has 6 heteroatoms. The van der Waals surface area contributed by atoms with E-state index < -0.39 is 0 Å². The van der Waals surface area contributed by atoms with Gasteiger partial charge >= 0.3 is 0 Å². The number of rotatable bonds is 3. The van der Waals surface area contributed by atoms with Crippen molar-refractivity contribution in [1.29, 1.82) is 0 Å². The van der Waals surface area contributed by atoms with Gasteiger partial charge in [-0.1, -0.05) is 0 Å². The molecule has 0 fully saturated rings. The van der Waals surface area contributed by atoms with Gasteiger partial charge in [-0.05, 0) is 63.9 Å². The van der Waals surface area contributed by atoms with Crippen LogP contribution >= 0.6 is 43.2 Å². The molecule has 0 aromatic carbocycles. The predicted molar refractivity (Wildman–Crippen MR) is 85.8 cm³/mol. The molecule has 0 aliphatic heterocycles. The molecular formula is C13H12Br2N2OS. The Morgan fingerprint density at radius 3 is 2.58 bits per heavy atom. The van der Waals surface area contributed by atoms with Gasteiger partial charge in [-0.2, -0.15) is 5.10 Å². The maximum Gasteiger partial charge on any atom is 0.189 e. The Morgan fingerprint density at radius 1 is 1.42 bits per heavy atom. The van der Waals surface area contributed by atoms with Crippen molar-refractivity contribution < 1.29 is 4.79 Å². The second-order valence-corrected chi connectivity index (χ2v) is 7.39. The molecule has 0 bridgehead atoms. The van der Waals surface area contributed by atoms with Gasteiger partial charge in [-0.3, -0.25) is 9.48 Å². The number of ketones is 1. The SMILES string of the molecule is Cc1nn(C)c(C)c1C(=O)/C=C/c1cc(Br)c(Br)s1. The highest BCUT2D eigenvalue weighted by molar-refractivity contribution is 9.13. The summed E-state index contributed by atoms with van der Waals surface area (Å²) in [5, 5.41) is 4.25. The molecule has 0 aliphatic carbocycles.